The SMILES string of the molecule is CC(C)c1ccc(C(=O)C(CC(=O)O)CN2CCCCC2)cc1. The van der Waals surface area contributed by atoms with Crippen LogP contribution in [0.5, 0.6) is 0 Å². The lowest BCUT2D eigenvalue weighted by atomic mass is 9.92. The average Bonchev–Trinajstić information content (AvgIpc) is 2.54. The van der Waals surface area contributed by atoms with Gasteiger partial charge in [0.25, 0.3) is 0 Å². The smallest absolute Gasteiger partial charge is 0.304 e. The molecule has 1 saturated heterocycles. The molecule has 1 atom stereocenters. The highest BCUT2D eigenvalue weighted by Gasteiger charge is 2.26. The molecule has 2 rings (SSSR count). The molecule has 126 valence electrons. The fourth-order valence-electron chi connectivity index (χ4n) is 3.17. The van der Waals surface area contributed by atoms with Gasteiger partial charge in [-0.3, -0.25) is 9.59 Å². The third-order valence-corrected chi connectivity index (χ3v) is 4.58. The number of benzene rings is 1. The number of carbonyl (C=O) groups is 2. The third kappa shape index (κ3) is 5.17. The van der Waals surface area contributed by atoms with Crippen molar-refractivity contribution in [3.05, 3.63) is 35.4 Å². The summed E-state index contributed by atoms with van der Waals surface area (Å²) in [6, 6.07) is 7.61. The number of hydrogen-bond donors (Lipinski definition) is 1. The molecule has 0 spiro atoms. The molecule has 1 fully saturated rings. The molecule has 0 radical (unpaired) electrons. The van der Waals surface area contributed by atoms with E-state index >= 15 is 0 Å². The summed E-state index contributed by atoms with van der Waals surface area (Å²) >= 11 is 0. The Hall–Kier alpha value is -1.68. The predicted octanol–water partition coefficient (Wildman–Crippen LogP) is 3.57. The number of piperidine rings is 1. The second-order valence-electron chi connectivity index (χ2n) is 6.80. The van der Waals surface area contributed by atoms with Crippen LogP contribution in [-0.2, 0) is 4.79 Å². The molecule has 1 aliphatic rings. The van der Waals surface area contributed by atoms with Gasteiger partial charge in [0.15, 0.2) is 5.78 Å². The second-order valence-corrected chi connectivity index (χ2v) is 6.80. The van der Waals surface area contributed by atoms with E-state index in [-0.39, 0.29) is 12.2 Å². The zero-order valence-electron chi connectivity index (χ0n) is 14.1. The van der Waals surface area contributed by atoms with E-state index in [1.165, 1.54) is 12.0 Å². The van der Waals surface area contributed by atoms with Crippen LogP contribution in [0.1, 0.15) is 61.4 Å². The maximum Gasteiger partial charge on any atom is 0.304 e. The van der Waals surface area contributed by atoms with E-state index in [1.807, 2.05) is 24.3 Å². The maximum atomic E-state index is 12.7. The van der Waals surface area contributed by atoms with E-state index in [2.05, 4.69) is 18.7 Å². The molecule has 4 nitrogen and oxygen atoms in total. The number of carbonyl (C=O) groups excluding carboxylic acids is 1. The van der Waals surface area contributed by atoms with Crippen LogP contribution in [0.25, 0.3) is 0 Å². The molecule has 1 aliphatic heterocycles. The summed E-state index contributed by atoms with van der Waals surface area (Å²) in [5.41, 5.74) is 1.81. The highest BCUT2D eigenvalue weighted by Crippen LogP contribution is 2.20. The zero-order chi connectivity index (χ0) is 16.8. The second kappa shape index (κ2) is 8.25. The number of carboxylic acids is 1. The van der Waals surface area contributed by atoms with Gasteiger partial charge in [-0.05, 0) is 37.4 Å². The number of hydrogen-bond acceptors (Lipinski definition) is 3. The van der Waals surface area contributed by atoms with Gasteiger partial charge in [-0.2, -0.15) is 0 Å². The molecule has 0 aliphatic carbocycles. The first-order valence-corrected chi connectivity index (χ1v) is 8.55. The van der Waals surface area contributed by atoms with E-state index in [0.29, 0.717) is 18.0 Å². The first kappa shape index (κ1) is 17.7. The lowest BCUT2D eigenvalue weighted by Crippen LogP contribution is -2.37. The summed E-state index contributed by atoms with van der Waals surface area (Å²) in [6.07, 6.45) is 3.40. The van der Waals surface area contributed by atoms with Crippen LogP contribution < -0.4 is 0 Å². The summed E-state index contributed by atoms with van der Waals surface area (Å²) in [7, 11) is 0. The van der Waals surface area contributed by atoms with Gasteiger partial charge in [0, 0.05) is 18.0 Å². The fourth-order valence-corrected chi connectivity index (χ4v) is 3.17. The molecule has 0 bridgehead atoms. The number of rotatable bonds is 7. The van der Waals surface area contributed by atoms with Gasteiger partial charge in [-0.25, -0.2) is 0 Å². The summed E-state index contributed by atoms with van der Waals surface area (Å²) in [5, 5.41) is 9.16. The highest BCUT2D eigenvalue weighted by molar-refractivity contribution is 5.99. The Kier molecular flexibility index (Phi) is 6.34. The Morgan fingerprint density at radius 3 is 2.22 bits per heavy atom. The predicted molar refractivity (Wildman–Crippen MR) is 90.9 cm³/mol. The molecular weight excluding hydrogens is 290 g/mol. The van der Waals surface area contributed by atoms with Crippen molar-refractivity contribution >= 4 is 11.8 Å². The van der Waals surface area contributed by atoms with Crippen LogP contribution in [0.15, 0.2) is 24.3 Å². The minimum Gasteiger partial charge on any atom is -0.481 e. The Balaban J connectivity index is 2.09. The first-order chi connectivity index (χ1) is 11.0. The van der Waals surface area contributed by atoms with Crippen LogP contribution in [0, 0.1) is 5.92 Å². The minimum absolute atomic E-state index is 0.0479. The van der Waals surface area contributed by atoms with Crippen molar-refractivity contribution < 1.29 is 14.7 Å². The van der Waals surface area contributed by atoms with Crippen LogP contribution in [0.2, 0.25) is 0 Å². The number of carboxylic acid groups (broad SMARTS) is 1. The molecule has 1 heterocycles. The summed E-state index contributed by atoms with van der Waals surface area (Å²) in [4.78, 5) is 26.1. The Morgan fingerprint density at radius 1 is 1.09 bits per heavy atom. The lowest BCUT2D eigenvalue weighted by Gasteiger charge is -2.29. The standard InChI is InChI=1S/C19H27NO3/c1-14(2)15-6-8-16(9-7-15)19(23)17(12-18(21)22)13-20-10-4-3-5-11-20/h6-9,14,17H,3-5,10-13H2,1-2H3,(H,21,22). The van der Waals surface area contributed by atoms with Crippen molar-refractivity contribution in [2.24, 2.45) is 5.92 Å². The molecule has 1 aromatic carbocycles. The van der Waals surface area contributed by atoms with Gasteiger partial charge in [-0.1, -0.05) is 44.5 Å². The molecular formula is C19H27NO3. The van der Waals surface area contributed by atoms with Crippen molar-refractivity contribution in [2.45, 2.75) is 45.4 Å². The molecule has 0 amide bonds. The molecule has 1 unspecified atom stereocenters. The van der Waals surface area contributed by atoms with E-state index in [1.54, 1.807) is 0 Å². The Labute approximate surface area is 138 Å². The average molecular weight is 317 g/mol. The van der Waals surface area contributed by atoms with Gasteiger partial charge < -0.3 is 10.0 Å². The Bertz CT molecular complexity index is 530. The number of Topliss-reactive ketones (excluding diaryl/α,β-unsaturated/α-hetero) is 1. The van der Waals surface area contributed by atoms with E-state index in [4.69, 9.17) is 5.11 Å². The van der Waals surface area contributed by atoms with Crippen molar-refractivity contribution in [3.63, 3.8) is 0 Å². The van der Waals surface area contributed by atoms with Gasteiger partial charge in [0.05, 0.1) is 6.42 Å². The van der Waals surface area contributed by atoms with Crippen molar-refractivity contribution in [1.29, 1.82) is 0 Å². The molecule has 0 aromatic heterocycles. The quantitative estimate of drug-likeness (QED) is 0.781. The number of ketones is 1. The molecule has 1 N–H and O–H groups in total. The number of aliphatic carboxylic acids is 1. The van der Waals surface area contributed by atoms with Gasteiger partial charge in [0.2, 0.25) is 0 Å². The molecule has 0 saturated carbocycles. The van der Waals surface area contributed by atoms with Crippen molar-refractivity contribution in [2.75, 3.05) is 19.6 Å². The van der Waals surface area contributed by atoms with Crippen molar-refractivity contribution in [3.8, 4) is 0 Å². The van der Waals surface area contributed by atoms with Crippen LogP contribution in [0.4, 0.5) is 0 Å². The third-order valence-electron chi connectivity index (χ3n) is 4.58. The van der Waals surface area contributed by atoms with E-state index in [9.17, 15) is 9.59 Å². The monoisotopic (exact) mass is 317 g/mol. The van der Waals surface area contributed by atoms with Gasteiger partial charge >= 0.3 is 5.97 Å². The zero-order valence-corrected chi connectivity index (χ0v) is 14.1. The highest BCUT2D eigenvalue weighted by atomic mass is 16.4. The maximum absolute atomic E-state index is 12.7. The number of likely N-dealkylation sites (tertiary alicyclic amines) is 1. The number of nitrogens with zero attached hydrogens (tertiary/aromatic N) is 1. The summed E-state index contributed by atoms with van der Waals surface area (Å²) in [5.74, 6) is -0.995. The summed E-state index contributed by atoms with van der Waals surface area (Å²) < 4.78 is 0. The van der Waals surface area contributed by atoms with Crippen LogP contribution in [-0.4, -0.2) is 41.4 Å². The minimum atomic E-state index is -0.904. The Morgan fingerprint density at radius 2 is 1.70 bits per heavy atom. The molecule has 23 heavy (non-hydrogen) atoms. The molecule has 4 heteroatoms. The van der Waals surface area contributed by atoms with Gasteiger partial charge in [-0.15, -0.1) is 0 Å². The van der Waals surface area contributed by atoms with E-state index in [0.717, 1.165) is 25.9 Å². The topological polar surface area (TPSA) is 57.6 Å². The summed E-state index contributed by atoms with van der Waals surface area (Å²) in [6.45, 7) is 6.71. The van der Waals surface area contributed by atoms with Crippen LogP contribution >= 0.6 is 0 Å². The van der Waals surface area contributed by atoms with Crippen LogP contribution in [0.3, 0.4) is 0 Å². The van der Waals surface area contributed by atoms with Gasteiger partial charge in [0.1, 0.15) is 0 Å². The lowest BCUT2D eigenvalue weighted by molar-refractivity contribution is -0.137. The normalized spacial score (nSPS) is 17.2. The fraction of sp³-hybridized carbons (Fsp3) is 0.579. The van der Waals surface area contributed by atoms with Crippen molar-refractivity contribution in [1.82, 2.24) is 4.90 Å². The first-order valence-electron chi connectivity index (χ1n) is 8.55. The largest absolute Gasteiger partial charge is 0.481 e. The molecule has 1 aromatic rings. The van der Waals surface area contributed by atoms with E-state index < -0.39 is 11.9 Å².